The van der Waals surface area contributed by atoms with Gasteiger partial charge >= 0.3 is 5.97 Å². The van der Waals surface area contributed by atoms with Gasteiger partial charge in [0.2, 0.25) is 0 Å². The van der Waals surface area contributed by atoms with Gasteiger partial charge in [0.1, 0.15) is 5.76 Å². The molecule has 20 heavy (non-hydrogen) atoms. The Bertz CT molecular complexity index is 534. The van der Waals surface area contributed by atoms with E-state index in [-0.39, 0.29) is 11.7 Å². The summed E-state index contributed by atoms with van der Waals surface area (Å²) in [5, 5.41) is 12.2. The van der Waals surface area contributed by atoms with Crippen LogP contribution in [-0.2, 0) is 4.79 Å². The number of aliphatic carboxylic acids is 1. The predicted molar refractivity (Wildman–Crippen MR) is 73.6 cm³/mol. The molecule has 5 heteroatoms. The molecule has 1 amide bonds. The zero-order chi connectivity index (χ0) is 14.9. The van der Waals surface area contributed by atoms with Crippen molar-refractivity contribution >= 4 is 11.9 Å². The molecule has 0 aromatic carbocycles. The molecule has 1 aliphatic rings. The summed E-state index contributed by atoms with van der Waals surface area (Å²) in [5.74, 6) is -0.766. The lowest BCUT2D eigenvalue weighted by atomic mass is 9.74. The Morgan fingerprint density at radius 3 is 2.65 bits per heavy atom. The molecular formula is C15H21NO4. The summed E-state index contributed by atoms with van der Waals surface area (Å²) < 4.78 is 5.40. The van der Waals surface area contributed by atoms with Gasteiger partial charge in [-0.25, -0.2) is 0 Å². The number of rotatable bonds is 3. The van der Waals surface area contributed by atoms with Crippen molar-refractivity contribution in [1.82, 2.24) is 5.32 Å². The maximum atomic E-state index is 12.3. The predicted octanol–water partition coefficient (Wildman–Crippen LogP) is 2.66. The minimum atomic E-state index is -0.847. The van der Waals surface area contributed by atoms with Gasteiger partial charge in [-0.3, -0.25) is 9.59 Å². The zero-order valence-electron chi connectivity index (χ0n) is 12.2. The lowest BCUT2D eigenvalue weighted by molar-refractivity contribution is -0.145. The fourth-order valence-electron chi connectivity index (χ4n) is 3.06. The summed E-state index contributed by atoms with van der Waals surface area (Å²) in [7, 11) is 0. The van der Waals surface area contributed by atoms with Crippen molar-refractivity contribution in [3.8, 4) is 0 Å². The number of carbonyl (C=O) groups excluding carboxylic acids is 1. The number of carbonyl (C=O) groups is 2. The van der Waals surface area contributed by atoms with E-state index in [0.29, 0.717) is 18.6 Å². The highest BCUT2D eigenvalue weighted by Gasteiger charge is 2.42. The number of carboxylic acid groups (broad SMARTS) is 1. The zero-order valence-corrected chi connectivity index (χ0v) is 12.2. The molecule has 1 fully saturated rings. The van der Waals surface area contributed by atoms with Gasteiger partial charge in [-0.15, -0.1) is 0 Å². The Kier molecular flexibility index (Phi) is 3.88. The molecule has 0 aliphatic heterocycles. The van der Waals surface area contributed by atoms with Crippen LogP contribution in [0, 0.1) is 19.8 Å². The van der Waals surface area contributed by atoms with Crippen molar-refractivity contribution in [3.63, 3.8) is 0 Å². The Labute approximate surface area is 118 Å². The van der Waals surface area contributed by atoms with Crippen LogP contribution in [0.15, 0.2) is 10.5 Å². The minimum Gasteiger partial charge on any atom is -0.481 e. The third kappa shape index (κ3) is 2.71. The fourth-order valence-corrected chi connectivity index (χ4v) is 3.06. The monoisotopic (exact) mass is 279 g/mol. The molecule has 0 bridgehead atoms. The number of furan rings is 1. The summed E-state index contributed by atoms with van der Waals surface area (Å²) in [6.45, 7) is 5.41. The number of aryl methyl sites for hydroxylation is 2. The molecular weight excluding hydrogens is 258 g/mol. The molecule has 0 radical (unpaired) electrons. The highest BCUT2D eigenvalue weighted by molar-refractivity contribution is 5.93. The van der Waals surface area contributed by atoms with E-state index in [1.54, 1.807) is 13.0 Å². The largest absolute Gasteiger partial charge is 0.481 e. The third-order valence-corrected chi connectivity index (χ3v) is 4.15. The van der Waals surface area contributed by atoms with Gasteiger partial charge < -0.3 is 14.8 Å². The number of amides is 1. The van der Waals surface area contributed by atoms with Gasteiger partial charge in [0, 0.05) is 5.56 Å². The molecule has 0 saturated heterocycles. The number of hydrogen-bond acceptors (Lipinski definition) is 3. The van der Waals surface area contributed by atoms with Gasteiger partial charge in [-0.05, 0) is 39.7 Å². The van der Waals surface area contributed by atoms with E-state index in [9.17, 15) is 14.7 Å². The van der Waals surface area contributed by atoms with Crippen molar-refractivity contribution in [2.45, 2.75) is 52.0 Å². The second kappa shape index (κ2) is 5.31. The summed E-state index contributed by atoms with van der Waals surface area (Å²) in [6.07, 6.45) is 3.09. The molecule has 1 heterocycles. The van der Waals surface area contributed by atoms with Gasteiger partial charge in [0.15, 0.2) is 5.76 Å². The average molecular weight is 279 g/mol. The minimum absolute atomic E-state index is 0.276. The molecule has 1 aromatic heterocycles. The Morgan fingerprint density at radius 2 is 2.10 bits per heavy atom. The lowest BCUT2D eigenvalue weighted by Gasteiger charge is -2.39. The molecule has 5 nitrogen and oxygen atoms in total. The van der Waals surface area contributed by atoms with Crippen molar-refractivity contribution in [2.24, 2.45) is 5.92 Å². The summed E-state index contributed by atoms with van der Waals surface area (Å²) in [5.41, 5.74) is 0.0557. The summed E-state index contributed by atoms with van der Waals surface area (Å²) in [4.78, 5) is 23.7. The SMILES string of the molecule is Cc1cc(C)c(C(=O)NC2(C)CCCCC2C(=O)O)o1. The normalized spacial score (nSPS) is 26.2. The van der Waals surface area contributed by atoms with Crippen LogP contribution in [-0.4, -0.2) is 22.5 Å². The Hall–Kier alpha value is -1.78. The Balaban J connectivity index is 2.20. The molecule has 1 aliphatic carbocycles. The van der Waals surface area contributed by atoms with Gasteiger partial charge in [0.25, 0.3) is 5.91 Å². The second-order valence-corrected chi connectivity index (χ2v) is 5.88. The maximum absolute atomic E-state index is 12.3. The average Bonchev–Trinajstić information content (AvgIpc) is 2.68. The van der Waals surface area contributed by atoms with E-state index >= 15 is 0 Å². The fraction of sp³-hybridized carbons (Fsp3) is 0.600. The van der Waals surface area contributed by atoms with Crippen LogP contribution in [0.1, 0.15) is 54.5 Å². The molecule has 2 rings (SSSR count). The Morgan fingerprint density at radius 1 is 1.40 bits per heavy atom. The first-order valence-corrected chi connectivity index (χ1v) is 6.96. The van der Waals surface area contributed by atoms with Gasteiger partial charge in [-0.1, -0.05) is 12.8 Å². The first-order valence-electron chi connectivity index (χ1n) is 6.96. The van der Waals surface area contributed by atoms with E-state index in [0.717, 1.165) is 18.4 Å². The van der Waals surface area contributed by atoms with Crippen LogP contribution < -0.4 is 5.32 Å². The van der Waals surface area contributed by atoms with Crippen LogP contribution >= 0.6 is 0 Å². The third-order valence-electron chi connectivity index (χ3n) is 4.15. The van der Waals surface area contributed by atoms with Crippen LogP contribution in [0.3, 0.4) is 0 Å². The number of hydrogen-bond donors (Lipinski definition) is 2. The molecule has 2 unspecified atom stereocenters. The highest BCUT2D eigenvalue weighted by atomic mass is 16.4. The van der Waals surface area contributed by atoms with E-state index in [1.165, 1.54) is 0 Å². The smallest absolute Gasteiger partial charge is 0.308 e. The molecule has 0 spiro atoms. The number of nitrogens with one attached hydrogen (secondary N) is 1. The topological polar surface area (TPSA) is 79.5 Å². The quantitative estimate of drug-likeness (QED) is 0.891. The van der Waals surface area contributed by atoms with Gasteiger partial charge in [-0.2, -0.15) is 0 Å². The molecule has 2 N–H and O–H groups in total. The highest BCUT2D eigenvalue weighted by Crippen LogP contribution is 2.34. The second-order valence-electron chi connectivity index (χ2n) is 5.88. The van der Waals surface area contributed by atoms with Crippen molar-refractivity contribution < 1.29 is 19.1 Å². The van der Waals surface area contributed by atoms with Crippen molar-refractivity contribution in [1.29, 1.82) is 0 Å². The molecule has 2 atom stereocenters. The van der Waals surface area contributed by atoms with Crippen molar-refractivity contribution in [2.75, 3.05) is 0 Å². The lowest BCUT2D eigenvalue weighted by Crippen LogP contribution is -2.55. The molecule has 110 valence electrons. The number of carboxylic acids is 1. The van der Waals surface area contributed by atoms with Crippen molar-refractivity contribution in [3.05, 3.63) is 23.2 Å². The van der Waals surface area contributed by atoms with E-state index < -0.39 is 17.4 Å². The first kappa shape index (κ1) is 14.6. The maximum Gasteiger partial charge on any atom is 0.308 e. The molecule has 1 saturated carbocycles. The molecule has 1 aromatic rings. The van der Waals surface area contributed by atoms with E-state index in [2.05, 4.69) is 5.32 Å². The summed E-state index contributed by atoms with van der Waals surface area (Å²) >= 11 is 0. The van der Waals surface area contributed by atoms with Crippen LogP contribution in [0.4, 0.5) is 0 Å². The van der Waals surface area contributed by atoms with Crippen LogP contribution in [0.2, 0.25) is 0 Å². The van der Waals surface area contributed by atoms with Gasteiger partial charge in [0.05, 0.1) is 11.5 Å². The van der Waals surface area contributed by atoms with E-state index in [1.807, 2.05) is 13.8 Å². The van der Waals surface area contributed by atoms with Crippen LogP contribution in [0.5, 0.6) is 0 Å². The first-order chi connectivity index (χ1) is 9.33. The standard InChI is InChI=1S/C15H21NO4/c1-9-8-10(2)20-12(9)13(17)16-15(3)7-5-4-6-11(15)14(18)19/h8,11H,4-7H2,1-3H3,(H,16,17)(H,18,19). The van der Waals surface area contributed by atoms with Crippen LogP contribution in [0.25, 0.3) is 0 Å². The summed E-state index contributed by atoms with van der Waals surface area (Å²) in [6, 6.07) is 1.80. The van der Waals surface area contributed by atoms with E-state index in [4.69, 9.17) is 4.42 Å².